The molecule has 2 aromatic carbocycles. The van der Waals surface area contributed by atoms with Gasteiger partial charge in [0.05, 0.1) is 6.61 Å². The van der Waals surface area contributed by atoms with Crippen molar-refractivity contribution in [3.63, 3.8) is 0 Å². The Morgan fingerprint density at radius 3 is 2.19 bits per heavy atom. The van der Waals surface area contributed by atoms with Crippen LogP contribution in [-0.4, -0.2) is 40.6 Å². The lowest BCUT2D eigenvalue weighted by Gasteiger charge is -2.36. The quantitative estimate of drug-likeness (QED) is 0.225. The van der Waals surface area contributed by atoms with E-state index in [-0.39, 0.29) is 6.42 Å². The normalized spacial score (nSPS) is 27.8. The number of hydrogen-bond donors (Lipinski definition) is 1. The van der Waals surface area contributed by atoms with Gasteiger partial charge in [-0.05, 0) is 23.3 Å². The summed E-state index contributed by atoms with van der Waals surface area (Å²) < 4.78 is 82.8. The molecule has 1 aromatic heterocycles. The first kappa shape index (κ1) is 36.1. The summed E-state index contributed by atoms with van der Waals surface area (Å²) in [6, 6.07) is 13.8. The van der Waals surface area contributed by atoms with E-state index in [1.165, 1.54) is 0 Å². The van der Waals surface area contributed by atoms with Crippen molar-refractivity contribution in [2.24, 2.45) is 0 Å². The fourth-order valence-corrected chi connectivity index (χ4v) is 10.3. The maximum Gasteiger partial charge on any atom is 0.330 e. The van der Waals surface area contributed by atoms with E-state index in [0.717, 1.165) is 27.6 Å². The molecule has 1 N–H and O–H groups in total. The van der Waals surface area contributed by atoms with Gasteiger partial charge in [-0.25, -0.2) is 13.4 Å². The zero-order valence-corrected chi connectivity index (χ0v) is 27.7. The summed E-state index contributed by atoms with van der Waals surface area (Å²) in [4.78, 5) is 74.4. The number of unbranched alkanes of at least 4 members (excludes halogenated alkanes) is 1. The summed E-state index contributed by atoms with van der Waals surface area (Å²) in [7, 11) is -23.6. The average molecular weight is 738 g/mol. The molecule has 2 aliphatic rings. The molecule has 3 aromatic rings. The van der Waals surface area contributed by atoms with Gasteiger partial charge in [-0.15, -0.1) is 0 Å². The van der Waals surface area contributed by atoms with Crippen LogP contribution in [0, 0.1) is 0 Å². The number of ether oxygens (including phenoxy) is 3. The van der Waals surface area contributed by atoms with Crippen molar-refractivity contribution in [2.75, 3.05) is 12.8 Å². The molecule has 2 aliphatic heterocycles. The van der Waals surface area contributed by atoms with E-state index >= 15 is 0 Å². The van der Waals surface area contributed by atoms with E-state index in [1.54, 1.807) is 19.1 Å². The monoisotopic (exact) mass is 738 g/mol. The number of phosphoric ester groups is 1. The lowest BCUT2D eigenvalue weighted by molar-refractivity contribution is -0.251. The number of nitrogens with zero attached hydrogens (tertiary/aromatic N) is 1. The standard InChI is InChI=1S/C24H30N2O17P4/c1-2-3-12-44(29,30)41-46(33,34)43-47(35,36)42-45(31,32)37-14-18-20-21(22(38-18)26-11-10-19(27)25-24(26)28)40-23(39-20)17-9-8-15-6-4-5-7-16(15)13-17/h4-11,13,18,20-23H,2-3,12,14H2,1H3,(H,29,30)(H,31,32)(H,33,34)(H,35,36)(H,25,27,28)/p-4/t18-,20+,21?,22-,23?/m1/s1. The van der Waals surface area contributed by atoms with E-state index in [0.29, 0.717) is 12.0 Å². The molecule has 9 atom stereocenters. The van der Waals surface area contributed by atoms with Crippen molar-refractivity contribution in [3.8, 4) is 0 Å². The second-order valence-electron chi connectivity index (χ2n) is 10.3. The molecule has 5 rings (SSSR count). The van der Waals surface area contributed by atoms with Crippen LogP contribution in [0.4, 0.5) is 0 Å². The largest absolute Gasteiger partial charge is 0.778 e. The second-order valence-corrected chi connectivity index (χ2v) is 16.9. The van der Waals surface area contributed by atoms with Crippen LogP contribution in [0.25, 0.3) is 10.8 Å². The molecule has 6 unspecified atom stereocenters. The molecule has 0 saturated carbocycles. The predicted molar refractivity (Wildman–Crippen MR) is 151 cm³/mol. The Kier molecular flexibility index (Phi) is 10.8. The molecular weight excluding hydrogens is 712 g/mol. The highest BCUT2D eigenvalue weighted by atomic mass is 31.3. The minimum absolute atomic E-state index is 0.0174. The number of fused-ring (bicyclic) bond motifs is 2. The Balaban J connectivity index is 1.31. The van der Waals surface area contributed by atoms with Gasteiger partial charge in [0.1, 0.15) is 25.9 Å². The summed E-state index contributed by atoms with van der Waals surface area (Å²) in [5.41, 5.74) is -1.06. The van der Waals surface area contributed by atoms with Crippen molar-refractivity contribution < 1.29 is 69.5 Å². The first-order valence-corrected chi connectivity index (χ1v) is 19.9. The van der Waals surface area contributed by atoms with Gasteiger partial charge in [0.15, 0.2) is 12.5 Å². The third-order valence-electron chi connectivity index (χ3n) is 6.82. The third kappa shape index (κ3) is 9.11. The van der Waals surface area contributed by atoms with Crippen molar-refractivity contribution in [1.29, 1.82) is 0 Å². The van der Waals surface area contributed by atoms with E-state index in [2.05, 4.69) is 22.4 Å². The van der Waals surface area contributed by atoms with Gasteiger partial charge in [0.2, 0.25) is 0 Å². The molecule has 0 aliphatic carbocycles. The molecule has 2 saturated heterocycles. The Morgan fingerprint density at radius 2 is 1.49 bits per heavy atom. The summed E-state index contributed by atoms with van der Waals surface area (Å²) in [5, 5.41) is 1.77. The average Bonchev–Trinajstić information content (AvgIpc) is 3.53. The number of H-pyrrole nitrogens is 1. The minimum Gasteiger partial charge on any atom is -0.778 e. The highest BCUT2D eigenvalue weighted by Gasteiger charge is 2.54. The number of rotatable bonds is 14. The summed E-state index contributed by atoms with van der Waals surface area (Å²) in [6.07, 6.45) is -5.32. The lowest BCUT2D eigenvalue weighted by atomic mass is 10.1. The predicted octanol–water partition coefficient (Wildman–Crippen LogP) is 0.895. The van der Waals surface area contributed by atoms with E-state index in [1.807, 2.05) is 30.3 Å². The molecule has 0 bridgehead atoms. The van der Waals surface area contributed by atoms with E-state index in [9.17, 15) is 47.4 Å². The fraction of sp³-hybridized carbons (Fsp3) is 0.417. The molecular formula is C24H26N2O17P4-4. The zero-order chi connectivity index (χ0) is 34.2. The van der Waals surface area contributed by atoms with Crippen LogP contribution in [-0.2, 0) is 49.9 Å². The first-order valence-electron chi connectivity index (χ1n) is 13.7. The van der Waals surface area contributed by atoms with Crippen LogP contribution in [0.2, 0.25) is 0 Å². The SMILES string of the molecule is CCCCP(=O)([O-])OP(=O)([O-])OP(=O)([O-])OP(=O)([O-])OC[C@H]1O[C@@H](n2ccc(=O)[nH]c2=O)C2OC(c3ccc4ccccc4c3)O[C@H]21. The van der Waals surface area contributed by atoms with Gasteiger partial charge < -0.3 is 42.9 Å². The molecule has 19 nitrogen and oxygen atoms in total. The second kappa shape index (κ2) is 14.0. The molecule has 258 valence electrons. The number of aromatic nitrogens is 2. The van der Waals surface area contributed by atoms with Gasteiger partial charge in [0, 0.05) is 24.0 Å². The van der Waals surface area contributed by atoms with Crippen molar-refractivity contribution in [1.82, 2.24) is 9.55 Å². The maximum atomic E-state index is 12.6. The molecule has 0 amide bonds. The van der Waals surface area contributed by atoms with Gasteiger partial charge >= 0.3 is 5.69 Å². The Hall–Kier alpha value is -2.14. The Morgan fingerprint density at radius 1 is 0.830 bits per heavy atom. The van der Waals surface area contributed by atoms with Gasteiger partial charge in [-0.2, -0.15) is 0 Å². The fourth-order valence-electron chi connectivity index (χ4n) is 4.84. The molecule has 23 heteroatoms. The van der Waals surface area contributed by atoms with Gasteiger partial charge in [-0.3, -0.25) is 32.4 Å². The molecule has 47 heavy (non-hydrogen) atoms. The maximum absolute atomic E-state index is 12.6. The number of benzene rings is 2. The molecule has 0 spiro atoms. The number of aromatic amines is 1. The van der Waals surface area contributed by atoms with Crippen molar-refractivity contribution in [2.45, 2.75) is 50.6 Å². The third-order valence-corrected chi connectivity index (χ3v) is 13.1. The van der Waals surface area contributed by atoms with Gasteiger partial charge in [0.25, 0.3) is 29.0 Å². The zero-order valence-electron chi connectivity index (χ0n) is 24.1. The topological polar surface area (TPSA) is 280 Å². The van der Waals surface area contributed by atoms with Crippen molar-refractivity contribution in [3.05, 3.63) is 81.1 Å². The highest BCUT2D eigenvalue weighted by molar-refractivity contribution is 7.69. The van der Waals surface area contributed by atoms with Crippen LogP contribution < -0.4 is 30.8 Å². The Labute approximate surface area is 265 Å². The van der Waals surface area contributed by atoms with E-state index in [4.69, 9.17) is 14.2 Å². The van der Waals surface area contributed by atoms with Gasteiger partial charge in [-0.1, -0.05) is 49.7 Å². The molecule has 0 radical (unpaired) electrons. The number of hydrogen-bond acceptors (Lipinski definition) is 17. The van der Waals surface area contributed by atoms with Crippen LogP contribution in [0.1, 0.15) is 37.8 Å². The van der Waals surface area contributed by atoms with Crippen LogP contribution >= 0.6 is 31.1 Å². The van der Waals surface area contributed by atoms with Crippen LogP contribution in [0.3, 0.4) is 0 Å². The number of nitrogens with one attached hydrogen (secondary N) is 1. The smallest absolute Gasteiger partial charge is 0.330 e. The number of phosphoric acid groups is 3. The summed E-state index contributed by atoms with van der Waals surface area (Å²) in [5.74, 6) is 0. The first-order chi connectivity index (χ1) is 22.0. The minimum atomic E-state index is -6.36. The van der Waals surface area contributed by atoms with Crippen molar-refractivity contribution >= 4 is 41.8 Å². The Bertz CT molecular complexity index is 1930. The summed E-state index contributed by atoms with van der Waals surface area (Å²) in [6.45, 7) is 0.580. The highest BCUT2D eigenvalue weighted by Crippen LogP contribution is 2.66. The lowest BCUT2D eigenvalue weighted by Crippen LogP contribution is -2.36. The molecule has 2 fully saturated rings. The van der Waals surface area contributed by atoms with Crippen LogP contribution in [0.5, 0.6) is 0 Å². The molecule has 3 heterocycles. The van der Waals surface area contributed by atoms with Crippen LogP contribution in [0.15, 0.2) is 64.3 Å². The van der Waals surface area contributed by atoms with E-state index < -0.39 is 85.9 Å². The summed E-state index contributed by atoms with van der Waals surface area (Å²) >= 11 is 0.